The number of ketones is 2. The Morgan fingerprint density at radius 1 is 0.345 bits per heavy atom. The third-order valence-corrected chi connectivity index (χ3v) is 8.69. The van der Waals surface area contributed by atoms with E-state index in [1.165, 1.54) is 0 Å². The van der Waals surface area contributed by atoms with E-state index >= 15 is 0 Å². The van der Waals surface area contributed by atoms with E-state index in [1.807, 2.05) is 123 Å². The first-order chi connectivity index (χ1) is 26.8. The highest BCUT2D eigenvalue weighted by Crippen LogP contribution is 2.17. The van der Waals surface area contributed by atoms with Crippen molar-refractivity contribution < 1.29 is 28.7 Å². The smallest absolute Gasteiger partial charge is 0.315 e. The predicted molar refractivity (Wildman–Crippen MR) is 216 cm³/mol. The van der Waals surface area contributed by atoms with Crippen molar-refractivity contribution in [2.24, 2.45) is 0 Å². The Bertz CT molecular complexity index is 2000. The quantitative estimate of drug-likeness (QED) is 0.0729. The molecular formula is C49H46O6. The van der Waals surface area contributed by atoms with E-state index in [9.17, 15) is 19.2 Å². The number of esters is 2. The lowest BCUT2D eigenvalue weighted by atomic mass is 9.97. The minimum atomic E-state index is -0.345. The second-order valence-electron chi connectivity index (χ2n) is 13.2. The number of hydrogen-bond donors (Lipinski definition) is 0. The lowest BCUT2D eigenvalue weighted by Gasteiger charge is -2.08. The maximum Gasteiger partial charge on any atom is 0.315 e. The second kappa shape index (κ2) is 20.7. The van der Waals surface area contributed by atoms with Crippen LogP contribution >= 0.6 is 0 Å². The number of carbonyl (C=O) groups excluding carboxylic acids is 4. The van der Waals surface area contributed by atoms with Crippen molar-refractivity contribution in [3.8, 4) is 11.5 Å². The van der Waals surface area contributed by atoms with Crippen molar-refractivity contribution in [2.45, 2.75) is 58.8 Å². The third kappa shape index (κ3) is 13.5. The fourth-order valence-electron chi connectivity index (χ4n) is 6.17. The maximum atomic E-state index is 12.9. The normalized spacial score (nSPS) is 10.4. The molecule has 0 bridgehead atoms. The van der Waals surface area contributed by atoms with Gasteiger partial charge >= 0.3 is 11.9 Å². The fraction of sp³-hybridized carbons (Fsp3) is 0.184. The molecule has 0 fully saturated rings. The summed E-state index contributed by atoms with van der Waals surface area (Å²) in [7, 11) is 0. The van der Waals surface area contributed by atoms with Gasteiger partial charge in [0, 0.05) is 25.7 Å². The first kappa shape index (κ1) is 39.8. The Hall–Kier alpha value is -6.40. The highest BCUT2D eigenvalue weighted by atomic mass is 16.5. The van der Waals surface area contributed by atoms with Gasteiger partial charge in [0.05, 0.1) is 12.8 Å². The van der Waals surface area contributed by atoms with Gasteiger partial charge in [-0.15, -0.1) is 0 Å². The van der Waals surface area contributed by atoms with Crippen LogP contribution in [0.4, 0.5) is 0 Å². The monoisotopic (exact) mass is 730 g/mol. The van der Waals surface area contributed by atoms with Crippen LogP contribution in [0.25, 0.3) is 0 Å². The molecule has 6 aromatic carbocycles. The van der Waals surface area contributed by atoms with Gasteiger partial charge in [-0.3, -0.25) is 19.2 Å². The molecule has 6 aromatic rings. The van der Waals surface area contributed by atoms with Gasteiger partial charge < -0.3 is 9.47 Å². The predicted octanol–water partition coefficient (Wildman–Crippen LogP) is 9.31. The van der Waals surface area contributed by atoms with Crippen LogP contribution in [0.2, 0.25) is 0 Å². The highest BCUT2D eigenvalue weighted by molar-refractivity contribution is 5.84. The van der Waals surface area contributed by atoms with Crippen LogP contribution in [0, 0.1) is 0 Å². The van der Waals surface area contributed by atoms with Gasteiger partial charge in [0.25, 0.3) is 0 Å². The molecule has 278 valence electrons. The average molecular weight is 731 g/mol. The van der Waals surface area contributed by atoms with Gasteiger partial charge in [-0.1, -0.05) is 147 Å². The molecule has 0 radical (unpaired) electrons. The summed E-state index contributed by atoms with van der Waals surface area (Å²) in [5.41, 5.74) is 7.52. The number of Topliss-reactive ketones (excluding diaryl/α,β-unsaturated/α-hetero) is 2. The van der Waals surface area contributed by atoms with Gasteiger partial charge in [0.1, 0.15) is 23.1 Å². The average Bonchev–Trinajstić information content (AvgIpc) is 3.18. The van der Waals surface area contributed by atoms with Crippen LogP contribution in [0.5, 0.6) is 11.5 Å². The van der Waals surface area contributed by atoms with Crippen molar-refractivity contribution in [3.05, 3.63) is 202 Å². The standard InChI is InChI=1S/C47H40O6.C2H6/c48-42(30-38-9-7-11-40(26-38)32-46(50)52-44-13-3-1-4-14-44)28-36-21-17-34(18-22-36)25-35-19-23-37(24-20-35)29-43(49)31-39-10-8-12-41(27-39)33-47(51)53-45-15-5-2-6-16-45;1-2/h1-24,26-27H,25,28-33H2;1-2H3. The summed E-state index contributed by atoms with van der Waals surface area (Å²) < 4.78 is 10.8. The van der Waals surface area contributed by atoms with E-state index in [0.29, 0.717) is 24.3 Å². The highest BCUT2D eigenvalue weighted by Gasteiger charge is 2.12. The summed E-state index contributed by atoms with van der Waals surface area (Å²) in [6.07, 6.45) is 2.23. The molecule has 0 aliphatic carbocycles. The molecule has 55 heavy (non-hydrogen) atoms. The lowest BCUT2D eigenvalue weighted by molar-refractivity contribution is -0.134. The Morgan fingerprint density at radius 3 is 1.02 bits per heavy atom. The molecule has 0 heterocycles. The maximum absolute atomic E-state index is 12.9. The molecule has 0 saturated heterocycles. The molecule has 0 aliphatic heterocycles. The second-order valence-corrected chi connectivity index (χ2v) is 13.2. The number of rotatable bonds is 16. The van der Waals surface area contributed by atoms with E-state index in [-0.39, 0.29) is 49.2 Å². The third-order valence-electron chi connectivity index (χ3n) is 8.69. The summed E-state index contributed by atoms with van der Waals surface area (Å²) in [5, 5.41) is 0. The van der Waals surface area contributed by atoms with Crippen molar-refractivity contribution >= 4 is 23.5 Å². The lowest BCUT2D eigenvalue weighted by Crippen LogP contribution is -2.12. The summed E-state index contributed by atoms with van der Waals surface area (Å²) in [6, 6.07) is 49.2. The molecule has 0 amide bonds. The number of carbonyl (C=O) groups is 4. The molecule has 6 rings (SSSR count). The minimum absolute atomic E-state index is 0.100. The van der Waals surface area contributed by atoms with Crippen LogP contribution in [0.3, 0.4) is 0 Å². The van der Waals surface area contributed by atoms with Crippen molar-refractivity contribution in [1.82, 2.24) is 0 Å². The molecule has 0 spiro atoms. The van der Waals surface area contributed by atoms with E-state index in [4.69, 9.17) is 9.47 Å². The fourth-order valence-corrected chi connectivity index (χ4v) is 6.17. The number of benzene rings is 6. The van der Waals surface area contributed by atoms with Crippen LogP contribution in [0.15, 0.2) is 158 Å². The SMILES string of the molecule is CC.O=C(Cc1ccc(Cc2ccc(CC(=O)Cc3cccc(CC(=O)Oc4ccccc4)c3)cc2)cc1)Cc1cccc(CC(=O)Oc2ccccc2)c1. The van der Waals surface area contributed by atoms with Gasteiger partial charge in [-0.2, -0.15) is 0 Å². The zero-order chi connectivity index (χ0) is 38.8. The molecule has 6 nitrogen and oxygen atoms in total. The van der Waals surface area contributed by atoms with Gasteiger partial charge in [-0.05, 0) is 75.2 Å². The molecule has 0 unspecified atom stereocenters. The summed E-state index contributed by atoms with van der Waals surface area (Å²) in [6.45, 7) is 4.00. The van der Waals surface area contributed by atoms with E-state index in [1.54, 1.807) is 24.3 Å². The van der Waals surface area contributed by atoms with Crippen LogP contribution in [-0.4, -0.2) is 23.5 Å². The van der Waals surface area contributed by atoms with E-state index in [0.717, 1.165) is 50.9 Å². The van der Waals surface area contributed by atoms with E-state index in [2.05, 4.69) is 24.3 Å². The molecule has 0 saturated carbocycles. The zero-order valence-electron chi connectivity index (χ0n) is 31.4. The molecular weight excluding hydrogens is 685 g/mol. The first-order valence-corrected chi connectivity index (χ1v) is 18.7. The summed E-state index contributed by atoms with van der Waals surface area (Å²) in [4.78, 5) is 50.6. The minimum Gasteiger partial charge on any atom is -0.426 e. The van der Waals surface area contributed by atoms with Gasteiger partial charge in [-0.25, -0.2) is 0 Å². The molecule has 0 aromatic heterocycles. The first-order valence-electron chi connectivity index (χ1n) is 18.7. The Labute approximate surface area is 323 Å². The Kier molecular flexibility index (Phi) is 15.0. The number of hydrogen-bond acceptors (Lipinski definition) is 6. The number of ether oxygens (including phenoxy) is 2. The Balaban J connectivity index is 0.00000285. The topological polar surface area (TPSA) is 86.7 Å². The van der Waals surface area contributed by atoms with Crippen LogP contribution in [0.1, 0.15) is 58.4 Å². The van der Waals surface area contributed by atoms with Gasteiger partial charge in [0.15, 0.2) is 0 Å². The van der Waals surface area contributed by atoms with Crippen LogP contribution in [-0.2, 0) is 64.1 Å². The van der Waals surface area contributed by atoms with Crippen molar-refractivity contribution in [3.63, 3.8) is 0 Å². The number of para-hydroxylation sites is 2. The molecule has 0 atom stereocenters. The summed E-state index contributed by atoms with van der Waals surface area (Å²) in [5.74, 6) is 0.527. The molecule has 0 aliphatic rings. The van der Waals surface area contributed by atoms with Crippen LogP contribution < -0.4 is 9.47 Å². The van der Waals surface area contributed by atoms with E-state index < -0.39 is 0 Å². The van der Waals surface area contributed by atoms with Crippen molar-refractivity contribution in [2.75, 3.05) is 0 Å². The molecule has 0 N–H and O–H groups in total. The zero-order valence-corrected chi connectivity index (χ0v) is 31.4. The summed E-state index contributed by atoms with van der Waals surface area (Å²) >= 11 is 0. The largest absolute Gasteiger partial charge is 0.426 e. The molecule has 6 heteroatoms. The Morgan fingerprint density at radius 2 is 0.655 bits per heavy atom. The van der Waals surface area contributed by atoms with Crippen molar-refractivity contribution in [1.29, 1.82) is 0 Å². The van der Waals surface area contributed by atoms with Gasteiger partial charge in [0.2, 0.25) is 0 Å².